The number of imidazole rings is 1. The Morgan fingerprint density at radius 3 is 2.39 bits per heavy atom. The predicted octanol–water partition coefficient (Wildman–Crippen LogP) is 0.0915. The average Bonchev–Trinajstić information content (AvgIpc) is 3.61. The molecule has 3 aliphatic rings. The van der Waals surface area contributed by atoms with Crippen LogP contribution in [0.4, 0.5) is 19.3 Å². The van der Waals surface area contributed by atoms with Crippen molar-refractivity contribution in [2.45, 2.75) is 58.1 Å². The zero-order chi connectivity index (χ0) is 30.6. The van der Waals surface area contributed by atoms with Gasteiger partial charge in [0.05, 0.1) is 31.1 Å². The van der Waals surface area contributed by atoms with Gasteiger partial charge in [-0.1, -0.05) is 12.1 Å². The van der Waals surface area contributed by atoms with Crippen LogP contribution in [-0.2, 0) is 29.0 Å². The molecule has 0 aliphatic carbocycles. The van der Waals surface area contributed by atoms with E-state index < -0.39 is 35.5 Å². The second-order valence-corrected chi connectivity index (χ2v) is 12.2. The van der Waals surface area contributed by atoms with E-state index >= 15 is 4.39 Å². The topological polar surface area (TPSA) is 111 Å². The van der Waals surface area contributed by atoms with E-state index in [9.17, 15) is 23.9 Å². The number of hydrogen-bond donors (Lipinski definition) is 0. The first-order valence-electron chi connectivity index (χ1n) is 14.2. The maximum atomic E-state index is 15.4. The zero-order valence-electron chi connectivity index (χ0n) is 25.2. The number of carboxylic acid groups (broad SMARTS) is 1. The summed E-state index contributed by atoms with van der Waals surface area (Å²) in [6, 6.07) is 8.80. The number of carbonyl (C=O) groups excluding carboxylic acids is 3. The third-order valence-corrected chi connectivity index (χ3v) is 8.09. The molecule has 1 fully saturated rings. The number of halogens is 2. The minimum Gasteiger partial charge on any atom is -0.547 e. The first-order chi connectivity index (χ1) is 20.4. The number of piperazine rings is 1. The number of carbonyl (C=O) groups is 3. The molecule has 1 aromatic heterocycles. The molecule has 2 aromatic carbocycles. The van der Waals surface area contributed by atoms with Gasteiger partial charge in [-0.05, 0) is 56.2 Å². The van der Waals surface area contributed by atoms with Crippen LogP contribution in [0, 0.1) is 5.82 Å². The van der Waals surface area contributed by atoms with Crippen LogP contribution in [0.25, 0.3) is 11.1 Å². The summed E-state index contributed by atoms with van der Waals surface area (Å²) in [7, 11) is 0. The fourth-order valence-corrected chi connectivity index (χ4v) is 6.00. The molecule has 226 valence electrons. The molecule has 2 atom stereocenters. The normalized spacial score (nSPS) is 18.5. The minimum atomic E-state index is -1.57. The Labute approximate surface area is 265 Å². The summed E-state index contributed by atoms with van der Waals surface area (Å²) in [6.45, 7) is 7.60. The number of aromatic nitrogens is 2. The van der Waals surface area contributed by atoms with Crippen LogP contribution in [0.1, 0.15) is 54.1 Å². The maximum absolute atomic E-state index is 15.4. The van der Waals surface area contributed by atoms with Crippen LogP contribution in [0.3, 0.4) is 0 Å². The Morgan fingerprint density at radius 1 is 1.07 bits per heavy atom. The molecule has 0 N–H and O–H groups in total. The molecule has 44 heavy (non-hydrogen) atoms. The van der Waals surface area contributed by atoms with Crippen LogP contribution >= 0.6 is 0 Å². The van der Waals surface area contributed by atoms with Gasteiger partial charge in [0.25, 0.3) is 5.91 Å². The first kappa shape index (κ1) is 31.5. The van der Waals surface area contributed by atoms with Crippen molar-refractivity contribution in [1.29, 1.82) is 0 Å². The molecule has 3 aliphatic heterocycles. The number of aliphatic carboxylic acids is 1. The van der Waals surface area contributed by atoms with Crippen LogP contribution in [-0.4, -0.2) is 75.3 Å². The first-order valence-corrected chi connectivity index (χ1v) is 14.2. The van der Waals surface area contributed by atoms with Crippen molar-refractivity contribution in [2.24, 2.45) is 0 Å². The van der Waals surface area contributed by atoms with Crippen molar-refractivity contribution in [3.05, 3.63) is 71.1 Å². The van der Waals surface area contributed by atoms with E-state index in [4.69, 9.17) is 4.74 Å². The van der Waals surface area contributed by atoms with E-state index in [0.29, 0.717) is 43.0 Å². The number of alkyl halides is 1. The molecule has 1 unspecified atom stereocenters. The summed E-state index contributed by atoms with van der Waals surface area (Å²) in [4.78, 5) is 47.1. The molecule has 0 radical (unpaired) electrons. The largest absolute Gasteiger partial charge is 1.00 e. The van der Waals surface area contributed by atoms with E-state index in [1.165, 1.54) is 17.0 Å². The molecule has 3 aromatic rings. The third-order valence-electron chi connectivity index (χ3n) is 8.09. The standard InChI is InChI=1S/C31H33F2N5O5.Li/c1-31(2,3)43-30(42)36-10-8-35(9-11-36)21-6-4-18(5-7-21)19-12-22-23(24(33)13-19)16-38(28(22)39)27(29(40)41)26-25-14-20(32)15-37(25)17-34-26;/h4-7,12-13,17,20,27H,8-11,14-16H2,1-3H3,(H,40,41);/q;+1/p-1/t20-,27?;/m1./s1. The summed E-state index contributed by atoms with van der Waals surface area (Å²) in [6.07, 6.45) is -0.152. The SMILES string of the molecule is CC(C)(C)OC(=O)N1CCN(c2ccc(-c3cc(F)c4c(c3)C(=O)N(C(C(=O)[O-])c3ncn5c3C[C@@H](F)C5)C4)cc2)CC1.[Li+]. The number of benzene rings is 2. The Bertz CT molecular complexity index is 1600. The van der Waals surface area contributed by atoms with Gasteiger partial charge in [-0.3, -0.25) is 4.79 Å². The molecule has 0 bridgehead atoms. The molecule has 1 saturated heterocycles. The van der Waals surface area contributed by atoms with Gasteiger partial charge in [-0.15, -0.1) is 0 Å². The summed E-state index contributed by atoms with van der Waals surface area (Å²) in [5, 5.41) is 12.2. The van der Waals surface area contributed by atoms with Crippen molar-refractivity contribution in [3.8, 4) is 11.1 Å². The smallest absolute Gasteiger partial charge is 0.547 e. The van der Waals surface area contributed by atoms with Crippen LogP contribution in [0.2, 0.25) is 0 Å². The van der Waals surface area contributed by atoms with Crippen molar-refractivity contribution >= 4 is 23.7 Å². The van der Waals surface area contributed by atoms with E-state index in [2.05, 4.69) is 9.88 Å². The van der Waals surface area contributed by atoms with Crippen LogP contribution in [0.5, 0.6) is 0 Å². The van der Waals surface area contributed by atoms with Crippen molar-refractivity contribution in [2.75, 3.05) is 31.1 Å². The zero-order valence-corrected chi connectivity index (χ0v) is 25.2. The van der Waals surface area contributed by atoms with Gasteiger partial charge in [0, 0.05) is 55.1 Å². The Kier molecular flexibility index (Phi) is 8.53. The van der Waals surface area contributed by atoms with Gasteiger partial charge in [-0.25, -0.2) is 18.6 Å². The molecular weight excluding hydrogens is 567 g/mol. The molecular formula is C31H32F2LiN5O5. The van der Waals surface area contributed by atoms with Gasteiger partial charge < -0.3 is 33.9 Å². The fourth-order valence-electron chi connectivity index (χ4n) is 6.00. The number of hydrogen-bond acceptors (Lipinski definition) is 7. The molecule has 6 rings (SSSR count). The van der Waals surface area contributed by atoms with Crippen molar-refractivity contribution < 1.29 is 51.9 Å². The van der Waals surface area contributed by atoms with Gasteiger partial charge >= 0.3 is 25.0 Å². The maximum Gasteiger partial charge on any atom is 1.00 e. The summed E-state index contributed by atoms with van der Waals surface area (Å²) < 4.78 is 36.4. The van der Waals surface area contributed by atoms with Crippen LogP contribution in [0.15, 0.2) is 42.7 Å². The number of rotatable bonds is 5. The monoisotopic (exact) mass is 599 g/mol. The molecule has 2 amide bonds. The Hall–Kier alpha value is -3.88. The van der Waals surface area contributed by atoms with Crippen molar-refractivity contribution in [3.63, 3.8) is 0 Å². The predicted molar refractivity (Wildman–Crippen MR) is 150 cm³/mol. The number of fused-ring (bicyclic) bond motifs is 2. The Morgan fingerprint density at radius 2 is 1.75 bits per heavy atom. The number of amides is 2. The number of anilines is 1. The van der Waals surface area contributed by atoms with E-state index in [1.54, 1.807) is 11.0 Å². The molecule has 13 heteroatoms. The minimum absolute atomic E-state index is 0. The quantitative estimate of drug-likeness (QED) is 0.383. The fraction of sp³-hybridized carbons (Fsp3) is 0.419. The van der Waals surface area contributed by atoms with Gasteiger partial charge in [0.1, 0.15) is 23.6 Å². The average molecular weight is 600 g/mol. The van der Waals surface area contributed by atoms with Crippen LogP contribution < -0.4 is 28.9 Å². The number of nitrogens with zero attached hydrogens (tertiary/aromatic N) is 5. The number of ether oxygens (including phenoxy) is 1. The molecule has 10 nitrogen and oxygen atoms in total. The summed E-state index contributed by atoms with van der Waals surface area (Å²) in [5.74, 6) is -2.84. The third kappa shape index (κ3) is 5.93. The van der Waals surface area contributed by atoms with E-state index in [1.807, 2.05) is 45.0 Å². The molecule has 0 saturated carbocycles. The van der Waals surface area contributed by atoms with E-state index in [-0.39, 0.29) is 61.3 Å². The molecule has 4 heterocycles. The second-order valence-electron chi connectivity index (χ2n) is 12.2. The number of carboxylic acids is 1. The van der Waals surface area contributed by atoms with Gasteiger partial charge in [0.2, 0.25) is 0 Å². The van der Waals surface area contributed by atoms with E-state index in [0.717, 1.165) is 10.6 Å². The summed E-state index contributed by atoms with van der Waals surface area (Å²) >= 11 is 0. The molecule has 0 spiro atoms. The van der Waals surface area contributed by atoms with Gasteiger partial charge in [0.15, 0.2) is 0 Å². The van der Waals surface area contributed by atoms with Gasteiger partial charge in [-0.2, -0.15) is 0 Å². The summed E-state index contributed by atoms with van der Waals surface area (Å²) in [5.41, 5.74) is 2.15. The Balaban J connectivity index is 0.00000384. The second kappa shape index (κ2) is 11.9. The van der Waals surface area contributed by atoms with Crippen molar-refractivity contribution in [1.82, 2.24) is 19.4 Å².